The Bertz CT molecular complexity index is 293. The summed E-state index contributed by atoms with van der Waals surface area (Å²) in [6.07, 6.45) is 17.5. The predicted octanol–water partition coefficient (Wildman–Crippen LogP) is 4.73. The number of hydrogen-bond donors (Lipinski definition) is 1. The van der Waals surface area contributed by atoms with Crippen molar-refractivity contribution in [1.29, 1.82) is 0 Å². The van der Waals surface area contributed by atoms with Gasteiger partial charge in [0.15, 0.2) is 6.29 Å². The number of hydrogen-bond acceptors (Lipinski definition) is 3. The van der Waals surface area contributed by atoms with Gasteiger partial charge < -0.3 is 9.84 Å². The molecule has 2 heterocycles. The minimum absolute atomic E-state index is 0.600. The molecule has 0 aromatic heterocycles. The summed E-state index contributed by atoms with van der Waals surface area (Å²) in [5, 5.41) is 10.1. The van der Waals surface area contributed by atoms with Crippen molar-refractivity contribution in [3.63, 3.8) is 0 Å². The van der Waals surface area contributed by atoms with E-state index < -0.39 is 6.29 Å². The number of fused-ring (bicyclic) bond motifs is 12. The quantitative estimate of drug-likeness (QED) is 0.759. The second kappa shape index (κ2) is 11.4. The summed E-state index contributed by atoms with van der Waals surface area (Å²) in [6.45, 7) is 4.44. The van der Waals surface area contributed by atoms with Gasteiger partial charge in [0.05, 0.1) is 0 Å². The van der Waals surface area contributed by atoms with E-state index in [0.717, 1.165) is 5.92 Å². The number of ether oxygens (including phenoxy) is 1. The first kappa shape index (κ1) is 19.2. The molecular weight excluding hydrogens is 286 g/mol. The molecule has 1 aliphatic carbocycles. The minimum atomic E-state index is -0.608. The molecule has 1 N–H and O–H groups in total. The van der Waals surface area contributed by atoms with Crippen LogP contribution in [0.1, 0.15) is 90.4 Å². The van der Waals surface area contributed by atoms with E-state index in [2.05, 4.69) is 4.90 Å². The van der Waals surface area contributed by atoms with E-state index in [1.165, 1.54) is 90.0 Å². The average molecular weight is 326 g/mol. The van der Waals surface area contributed by atoms with E-state index in [0.29, 0.717) is 19.2 Å². The van der Waals surface area contributed by atoms with E-state index in [1.807, 2.05) is 6.92 Å². The van der Waals surface area contributed by atoms with Crippen molar-refractivity contribution in [2.75, 3.05) is 19.7 Å². The third-order valence-corrected chi connectivity index (χ3v) is 5.82. The third kappa shape index (κ3) is 7.53. The molecule has 0 radical (unpaired) electrons. The SMILES string of the molecule is CCOC(O)CN1CC2CCCCCCCCCCCC1CC2. The van der Waals surface area contributed by atoms with Gasteiger partial charge in [0, 0.05) is 25.7 Å². The third-order valence-electron chi connectivity index (χ3n) is 5.82. The van der Waals surface area contributed by atoms with E-state index in [4.69, 9.17) is 4.74 Å². The lowest BCUT2D eigenvalue weighted by Crippen LogP contribution is -2.47. The van der Waals surface area contributed by atoms with Crippen molar-refractivity contribution in [1.82, 2.24) is 4.90 Å². The topological polar surface area (TPSA) is 32.7 Å². The molecule has 3 nitrogen and oxygen atoms in total. The first-order chi connectivity index (χ1) is 11.3. The standard InChI is InChI=1S/C20H39NO2/c1-2-23-20(22)17-21-16-18-12-10-8-6-4-3-5-7-9-11-13-19(21)15-14-18/h18-20,22H,2-17H2,1H3. The summed E-state index contributed by atoms with van der Waals surface area (Å²) >= 11 is 0. The van der Waals surface area contributed by atoms with Crippen LogP contribution in [-0.4, -0.2) is 42.0 Å². The molecule has 2 aliphatic heterocycles. The molecule has 3 unspecified atom stereocenters. The zero-order chi connectivity index (χ0) is 16.3. The zero-order valence-electron chi connectivity index (χ0n) is 15.3. The fraction of sp³-hybridized carbons (Fsp3) is 1.00. The van der Waals surface area contributed by atoms with Crippen molar-refractivity contribution in [3.8, 4) is 0 Å². The summed E-state index contributed by atoms with van der Waals surface area (Å²) < 4.78 is 5.39. The first-order valence-corrected chi connectivity index (χ1v) is 10.3. The molecule has 0 aromatic rings. The molecule has 3 aliphatic rings. The van der Waals surface area contributed by atoms with Gasteiger partial charge >= 0.3 is 0 Å². The van der Waals surface area contributed by atoms with Crippen LogP contribution in [0.2, 0.25) is 0 Å². The maximum absolute atomic E-state index is 10.1. The van der Waals surface area contributed by atoms with Gasteiger partial charge in [-0.3, -0.25) is 4.90 Å². The van der Waals surface area contributed by atoms with E-state index in [9.17, 15) is 5.11 Å². The Morgan fingerprint density at radius 2 is 1.48 bits per heavy atom. The van der Waals surface area contributed by atoms with E-state index in [-0.39, 0.29) is 0 Å². The zero-order valence-corrected chi connectivity index (χ0v) is 15.3. The van der Waals surface area contributed by atoms with Gasteiger partial charge in [-0.05, 0) is 38.5 Å². The van der Waals surface area contributed by atoms with Crippen molar-refractivity contribution < 1.29 is 9.84 Å². The first-order valence-electron chi connectivity index (χ1n) is 10.3. The van der Waals surface area contributed by atoms with Gasteiger partial charge in [-0.1, -0.05) is 57.8 Å². The Hall–Kier alpha value is -0.120. The molecular formula is C20H39NO2. The highest BCUT2D eigenvalue weighted by atomic mass is 16.6. The molecule has 2 bridgehead atoms. The van der Waals surface area contributed by atoms with Gasteiger partial charge in [-0.2, -0.15) is 0 Å². The molecule has 23 heavy (non-hydrogen) atoms. The summed E-state index contributed by atoms with van der Waals surface area (Å²) in [4.78, 5) is 2.55. The lowest BCUT2D eigenvalue weighted by molar-refractivity contribution is -0.119. The average Bonchev–Trinajstić information content (AvgIpc) is 2.55. The fourth-order valence-electron chi connectivity index (χ4n) is 4.46. The smallest absolute Gasteiger partial charge is 0.167 e. The molecule has 1 saturated carbocycles. The second-order valence-corrected chi connectivity index (χ2v) is 7.72. The molecule has 3 rings (SSSR count). The van der Waals surface area contributed by atoms with Crippen molar-refractivity contribution in [3.05, 3.63) is 0 Å². The molecule has 3 heteroatoms. The van der Waals surface area contributed by atoms with Crippen LogP contribution in [0.3, 0.4) is 0 Å². The van der Waals surface area contributed by atoms with Gasteiger partial charge in [-0.15, -0.1) is 0 Å². The number of rotatable bonds is 4. The Morgan fingerprint density at radius 1 is 0.870 bits per heavy atom. The Morgan fingerprint density at radius 3 is 2.13 bits per heavy atom. The number of aliphatic hydroxyl groups is 1. The van der Waals surface area contributed by atoms with Crippen LogP contribution in [0.15, 0.2) is 0 Å². The Kier molecular flexibility index (Phi) is 9.55. The highest BCUT2D eigenvalue weighted by Gasteiger charge is 2.29. The monoisotopic (exact) mass is 325 g/mol. The van der Waals surface area contributed by atoms with Crippen LogP contribution < -0.4 is 0 Å². The molecule has 3 atom stereocenters. The van der Waals surface area contributed by atoms with Gasteiger partial charge in [-0.25, -0.2) is 0 Å². The van der Waals surface area contributed by atoms with Crippen LogP contribution in [-0.2, 0) is 4.74 Å². The predicted molar refractivity (Wildman–Crippen MR) is 96.5 cm³/mol. The fourth-order valence-corrected chi connectivity index (χ4v) is 4.46. The highest BCUT2D eigenvalue weighted by Crippen LogP contribution is 2.29. The largest absolute Gasteiger partial charge is 0.367 e. The van der Waals surface area contributed by atoms with E-state index in [1.54, 1.807) is 0 Å². The molecule has 0 amide bonds. The van der Waals surface area contributed by atoms with E-state index >= 15 is 0 Å². The summed E-state index contributed by atoms with van der Waals surface area (Å²) in [6, 6.07) is 0.673. The molecule has 3 fully saturated rings. The number of piperidine rings is 1. The normalized spacial score (nSPS) is 30.5. The van der Waals surface area contributed by atoms with Gasteiger partial charge in [0.25, 0.3) is 0 Å². The van der Waals surface area contributed by atoms with Crippen LogP contribution >= 0.6 is 0 Å². The number of aliphatic hydroxyl groups excluding tert-OH is 1. The van der Waals surface area contributed by atoms with Gasteiger partial charge in [0.1, 0.15) is 0 Å². The van der Waals surface area contributed by atoms with Gasteiger partial charge in [0.2, 0.25) is 0 Å². The molecule has 0 aromatic carbocycles. The molecule has 2 saturated heterocycles. The van der Waals surface area contributed by atoms with Crippen LogP contribution in [0, 0.1) is 5.92 Å². The highest BCUT2D eigenvalue weighted by molar-refractivity contribution is 4.82. The van der Waals surface area contributed by atoms with Crippen molar-refractivity contribution in [2.24, 2.45) is 5.92 Å². The second-order valence-electron chi connectivity index (χ2n) is 7.72. The van der Waals surface area contributed by atoms with Crippen molar-refractivity contribution >= 4 is 0 Å². The Balaban J connectivity index is 1.88. The maximum Gasteiger partial charge on any atom is 0.167 e. The lowest BCUT2D eigenvalue weighted by atomic mass is 9.87. The summed E-state index contributed by atoms with van der Waals surface area (Å²) in [5.41, 5.74) is 0. The van der Waals surface area contributed by atoms with Crippen LogP contribution in [0.25, 0.3) is 0 Å². The molecule has 136 valence electrons. The van der Waals surface area contributed by atoms with Crippen LogP contribution in [0.5, 0.6) is 0 Å². The summed E-state index contributed by atoms with van der Waals surface area (Å²) in [7, 11) is 0. The molecule has 0 spiro atoms. The Labute approximate surface area is 143 Å². The maximum atomic E-state index is 10.1. The lowest BCUT2D eigenvalue weighted by Gasteiger charge is -2.40. The van der Waals surface area contributed by atoms with Crippen LogP contribution in [0.4, 0.5) is 0 Å². The minimum Gasteiger partial charge on any atom is -0.367 e. The number of nitrogens with zero attached hydrogens (tertiary/aromatic N) is 1. The summed E-state index contributed by atoms with van der Waals surface area (Å²) in [5.74, 6) is 0.838. The van der Waals surface area contributed by atoms with Crippen molar-refractivity contribution in [2.45, 2.75) is 103 Å².